The van der Waals surface area contributed by atoms with Gasteiger partial charge in [0.2, 0.25) is 0 Å². The number of nitro groups is 2. The van der Waals surface area contributed by atoms with E-state index < -0.39 is 45.9 Å². The predicted octanol–water partition coefficient (Wildman–Crippen LogP) is -1.17. The Morgan fingerprint density at radius 1 is 1.10 bits per heavy atom. The van der Waals surface area contributed by atoms with Gasteiger partial charge in [-0.05, 0) is 6.08 Å². The van der Waals surface area contributed by atoms with Crippen LogP contribution in [0.4, 0.5) is 0 Å². The number of hydrogen-bond acceptors (Lipinski definition) is 8. The highest BCUT2D eigenvalue weighted by molar-refractivity contribution is 8.05. The fourth-order valence-corrected chi connectivity index (χ4v) is 4.13. The molecule has 0 spiro atoms. The van der Waals surface area contributed by atoms with Gasteiger partial charge in [-0.25, -0.2) is 0 Å². The summed E-state index contributed by atoms with van der Waals surface area (Å²) in [6.07, 6.45) is 0.576. The molecule has 0 heterocycles. The minimum absolute atomic E-state index is 0.189. The molecule has 2 N–H and O–H groups in total. The lowest BCUT2D eigenvalue weighted by atomic mass is 10.1. The summed E-state index contributed by atoms with van der Waals surface area (Å²) in [5.74, 6) is 0. The summed E-state index contributed by atoms with van der Waals surface area (Å²) in [5.41, 5.74) is -1.15. The summed E-state index contributed by atoms with van der Waals surface area (Å²) in [6.45, 7) is 0. The second kappa shape index (κ2) is 4.58. The van der Waals surface area contributed by atoms with Crippen molar-refractivity contribution < 1.29 is 35.8 Å². The van der Waals surface area contributed by atoms with Gasteiger partial charge < -0.3 is 0 Å². The Morgan fingerprint density at radius 2 is 1.55 bits per heavy atom. The third kappa shape index (κ3) is 2.28. The van der Waals surface area contributed by atoms with Crippen LogP contribution in [-0.2, 0) is 20.2 Å². The van der Waals surface area contributed by atoms with Crippen LogP contribution >= 0.6 is 0 Å². The van der Waals surface area contributed by atoms with Crippen molar-refractivity contribution in [3.63, 3.8) is 0 Å². The van der Waals surface area contributed by atoms with E-state index in [1.807, 2.05) is 0 Å². The molecule has 20 heavy (non-hydrogen) atoms. The molecule has 0 aromatic rings. The zero-order chi connectivity index (χ0) is 15.9. The van der Waals surface area contributed by atoms with Gasteiger partial charge in [0.25, 0.3) is 32.0 Å². The first-order valence-electron chi connectivity index (χ1n) is 4.47. The van der Waals surface area contributed by atoms with Crippen LogP contribution in [-0.4, -0.2) is 45.9 Å². The summed E-state index contributed by atoms with van der Waals surface area (Å²) in [6, 6.07) is -2.66. The largest absolute Gasteiger partial charge is 0.316 e. The zero-order valence-corrected chi connectivity index (χ0v) is 10.8. The standard InChI is InChI=1S/C6H6N2O10S2/c9-7(10)4-1-2-5(8(11)12)6(3-4,19(13,14)15)20(16,17)18/h1-3,5H,(H,13,14,15)(H,16,17,18). The van der Waals surface area contributed by atoms with Crippen LogP contribution in [0.2, 0.25) is 0 Å². The highest BCUT2D eigenvalue weighted by Crippen LogP contribution is 2.36. The van der Waals surface area contributed by atoms with Gasteiger partial charge >= 0.3 is 4.08 Å². The molecule has 1 atom stereocenters. The Hall–Kier alpha value is -1.90. The third-order valence-corrected chi connectivity index (χ3v) is 6.05. The number of nitrogens with zero attached hydrogens (tertiary/aromatic N) is 2. The van der Waals surface area contributed by atoms with E-state index in [1.54, 1.807) is 0 Å². The smallest absolute Gasteiger partial charge is 0.284 e. The van der Waals surface area contributed by atoms with Crippen LogP contribution in [0.15, 0.2) is 23.9 Å². The Morgan fingerprint density at radius 3 is 1.85 bits per heavy atom. The van der Waals surface area contributed by atoms with E-state index in [1.165, 1.54) is 0 Å². The molecule has 0 saturated heterocycles. The highest BCUT2D eigenvalue weighted by atomic mass is 32.3. The summed E-state index contributed by atoms with van der Waals surface area (Å²) in [4.78, 5) is 18.6. The minimum atomic E-state index is -5.82. The van der Waals surface area contributed by atoms with E-state index in [2.05, 4.69) is 0 Å². The predicted molar refractivity (Wildman–Crippen MR) is 60.8 cm³/mol. The van der Waals surface area contributed by atoms with E-state index in [-0.39, 0.29) is 12.2 Å². The molecule has 0 aromatic carbocycles. The Labute approximate surface area is 111 Å². The first-order chi connectivity index (χ1) is 8.84. The molecular weight excluding hydrogens is 324 g/mol. The Bertz CT molecular complexity index is 698. The average molecular weight is 330 g/mol. The highest BCUT2D eigenvalue weighted by Gasteiger charge is 2.66. The van der Waals surface area contributed by atoms with Gasteiger partial charge in [-0.1, -0.05) is 0 Å². The van der Waals surface area contributed by atoms with E-state index >= 15 is 0 Å². The molecule has 12 nitrogen and oxygen atoms in total. The Balaban J connectivity index is 3.88. The lowest BCUT2D eigenvalue weighted by Gasteiger charge is -2.26. The summed E-state index contributed by atoms with van der Waals surface area (Å²) in [7, 11) is -11.6. The molecule has 1 aliphatic rings. The maximum atomic E-state index is 11.2. The van der Waals surface area contributed by atoms with Crippen LogP contribution in [0, 0.1) is 20.2 Å². The second-order valence-corrected chi connectivity index (χ2v) is 7.10. The van der Waals surface area contributed by atoms with Crippen LogP contribution in [0.5, 0.6) is 0 Å². The fourth-order valence-electron chi connectivity index (χ4n) is 1.58. The van der Waals surface area contributed by atoms with E-state index in [0.29, 0.717) is 6.08 Å². The van der Waals surface area contributed by atoms with Crippen molar-refractivity contribution >= 4 is 20.2 Å². The van der Waals surface area contributed by atoms with E-state index in [0.717, 1.165) is 0 Å². The molecule has 0 aliphatic heterocycles. The number of rotatable bonds is 4. The molecule has 112 valence electrons. The van der Waals surface area contributed by atoms with Gasteiger partial charge in [0.05, 0.1) is 4.92 Å². The van der Waals surface area contributed by atoms with Gasteiger partial charge in [0.15, 0.2) is 0 Å². The molecule has 14 heteroatoms. The normalized spacial score (nSPS) is 22.1. The quantitative estimate of drug-likeness (QED) is 0.360. The molecule has 1 rings (SSSR count). The van der Waals surface area contributed by atoms with Crippen molar-refractivity contribution in [2.24, 2.45) is 0 Å². The summed E-state index contributed by atoms with van der Waals surface area (Å²) >= 11 is 0. The molecule has 0 amide bonds. The Kier molecular flexibility index (Phi) is 3.70. The second-order valence-electron chi connectivity index (χ2n) is 3.59. The van der Waals surface area contributed by atoms with Crippen molar-refractivity contribution in [2.75, 3.05) is 0 Å². The van der Waals surface area contributed by atoms with Crippen LogP contribution in [0.25, 0.3) is 0 Å². The molecule has 0 radical (unpaired) electrons. The van der Waals surface area contributed by atoms with E-state index in [4.69, 9.17) is 9.11 Å². The number of hydrogen-bond donors (Lipinski definition) is 2. The van der Waals surface area contributed by atoms with Crippen LogP contribution < -0.4 is 0 Å². The van der Waals surface area contributed by atoms with E-state index in [9.17, 15) is 37.1 Å². The maximum absolute atomic E-state index is 11.2. The van der Waals surface area contributed by atoms with Gasteiger partial charge in [0, 0.05) is 17.1 Å². The van der Waals surface area contributed by atoms with Crippen LogP contribution in [0.1, 0.15) is 0 Å². The SMILES string of the molecule is O=[N+]([O-])C1=CC(S(=O)(=O)O)(S(=O)(=O)O)C([N+](=O)[O-])C=C1. The molecule has 0 fully saturated rings. The van der Waals surface area contributed by atoms with Gasteiger partial charge in [-0.15, -0.1) is 0 Å². The fraction of sp³-hybridized carbons (Fsp3) is 0.333. The third-order valence-electron chi connectivity index (χ3n) is 2.45. The monoisotopic (exact) mass is 330 g/mol. The topological polar surface area (TPSA) is 195 Å². The average Bonchev–Trinajstić information content (AvgIpc) is 2.24. The van der Waals surface area contributed by atoms with Crippen molar-refractivity contribution in [3.05, 3.63) is 44.2 Å². The molecule has 0 aromatic heterocycles. The lowest BCUT2D eigenvalue weighted by Crippen LogP contribution is -2.57. The minimum Gasteiger partial charge on any atom is -0.284 e. The number of allylic oxidation sites excluding steroid dienone is 1. The molecule has 0 bridgehead atoms. The van der Waals surface area contributed by atoms with Gasteiger partial charge in [-0.2, -0.15) is 16.8 Å². The van der Waals surface area contributed by atoms with Crippen LogP contribution in [0.3, 0.4) is 0 Å². The van der Waals surface area contributed by atoms with Crippen molar-refractivity contribution in [1.29, 1.82) is 0 Å². The zero-order valence-electron chi connectivity index (χ0n) is 9.18. The first kappa shape index (κ1) is 16.2. The van der Waals surface area contributed by atoms with Gasteiger partial charge in [0.1, 0.15) is 0 Å². The van der Waals surface area contributed by atoms with Crippen molar-refractivity contribution in [1.82, 2.24) is 0 Å². The summed E-state index contributed by atoms with van der Waals surface area (Å²) in [5, 5.41) is 21.3. The molecule has 0 saturated carbocycles. The van der Waals surface area contributed by atoms with Crippen molar-refractivity contribution in [3.8, 4) is 0 Å². The molecular formula is C6H6N2O10S2. The van der Waals surface area contributed by atoms with Gasteiger partial charge in [-0.3, -0.25) is 29.3 Å². The maximum Gasteiger partial charge on any atom is 0.316 e. The molecule has 1 unspecified atom stereocenters. The lowest BCUT2D eigenvalue weighted by molar-refractivity contribution is -0.510. The van der Waals surface area contributed by atoms with Crippen molar-refractivity contribution in [2.45, 2.75) is 10.1 Å². The molecule has 1 aliphatic carbocycles. The first-order valence-corrected chi connectivity index (χ1v) is 7.35. The summed E-state index contributed by atoms with van der Waals surface area (Å²) < 4.78 is 59.1.